The van der Waals surface area contributed by atoms with Gasteiger partial charge < -0.3 is 15.5 Å². The predicted octanol–water partition coefficient (Wildman–Crippen LogP) is 1.21. The van der Waals surface area contributed by atoms with E-state index in [-0.39, 0.29) is 11.8 Å². The lowest BCUT2D eigenvalue weighted by Crippen LogP contribution is -2.59. The first kappa shape index (κ1) is 16.8. The van der Waals surface area contributed by atoms with Crippen molar-refractivity contribution >= 4 is 23.4 Å². The van der Waals surface area contributed by atoms with Crippen molar-refractivity contribution in [2.24, 2.45) is 0 Å². The number of halogens is 1. The maximum Gasteiger partial charge on any atom is 0.244 e. The summed E-state index contributed by atoms with van der Waals surface area (Å²) in [5, 5.41) is 6.82. The van der Waals surface area contributed by atoms with E-state index in [4.69, 9.17) is 11.6 Å². The third-order valence-electron chi connectivity index (χ3n) is 3.83. The molecular weight excluding hydrogens is 302 g/mol. The van der Waals surface area contributed by atoms with Crippen LogP contribution in [0.25, 0.3) is 0 Å². The van der Waals surface area contributed by atoms with Crippen LogP contribution in [0.5, 0.6) is 0 Å². The summed E-state index contributed by atoms with van der Waals surface area (Å²) in [5.41, 5.74) is 1.09. The molecule has 1 atom stereocenters. The fourth-order valence-corrected chi connectivity index (χ4v) is 2.86. The monoisotopic (exact) mass is 323 g/mol. The molecule has 1 saturated heterocycles. The topological polar surface area (TPSA) is 61.4 Å². The molecule has 6 heteroatoms. The second kappa shape index (κ2) is 8.15. The van der Waals surface area contributed by atoms with Crippen molar-refractivity contribution in [2.75, 3.05) is 26.2 Å². The van der Waals surface area contributed by atoms with Crippen molar-refractivity contribution in [3.63, 3.8) is 0 Å². The molecule has 2 N–H and O–H groups in total. The van der Waals surface area contributed by atoms with Crippen LogP contribution >= 0.6 is 11.6 Å². The number of hydrogen-bond acceptors (Lipinski definition) is 3. The molecule has 2 rings (SSSR count). The van der Waals surface area contributed by atoms with Crippen LogP contribution in [0.3, 0.4) is 0 Å². The molecule has 0 spiro atoms. The molecule has 0 aromatic heterocycles. The van der Waals surface area contributed by atoms with E-state index in [2.05, 4.69) is 10.6 Å². The maximum atomic E-state index is 12.2. The van der Waals surface area contributed by atoms with Gasteiger partial charge in [0.2, 0.25) is 11.8 Å². The zero-order valence-corrected chi connectivity index (χ0v) is 13.5. The second-order valence-electron chi connectivity index (χ2n) is 5.42. The van der Waals surface area contributed by atoms with Gasteiger partial charge in [-0.15, -0.1) is 0 Å². The number of piperazine rings is 1. The quantitative estimate of drug-likeness (QED) is 0.801. The van der Waals surface area contributed by atoms with Crippen molar-refractivity contribution in [1.82, 2.24) is 15.5 Å². The molecule has 1 aliphatic heterocycles. The van der Waals surface area contributed by atoms with Gasteiger partial charge in [-0.2, -0.15) is 0 Å². The summed E-state index contributed by atoms with van der Waals surface area (Å²) in [6, 6.07) is 7.31. The number of carbonyl (C=O) groups excluding carboxylic acids is 2. The minimum atomic E-state index is -0.411. The first-order valence-corrected chi connectivity index (χ1v) is 7.96. The Morgan fingerprint density at radius 3 is 2.91 bits per heavy atom. The average Bonchev–Trinajstić information content (AvgIpc) is 2.52. The summed E-state index contributed by atoms with van der Waals surface area (Å²) in [7, 11) is 0. The zero-order chi connectivity index (χ0) is 15.9. The lowest BCUT2D eigenvalue weighted by Gasteiger charge is -2.34. The summed E-state index contributed by atoms with van der Waals surface area (Å²) in [5.74, 6) is -0.153. The van der Waals surface area contributed by atoms with E-state index in [1.165, 1.54) is 6.92 Å². The van der Waals surface area contributed by atoms with Crippen LogP contribution in [-0.4, -0.2) is 48.9 Å². The molecule has 1 aliphatic rings. The Hall–Kier alpha value is -1.59. The molecule has 0 aliphatic carbocycles. The predicted molar refractivity (Wildman–Crippen MR) is 86.8 cm³/mol. The Morgan fingerprint density at radius 2 is 2.18 bits per heavy atom. The van der Waals surface area contributed by atoms with E-state index in [1.54, 1.807) is 4.90 Å². The Morgan fingerprint density at radius 1 is 1.41 bits per heavy atom. The van der Waals surface area contributed by atoms with Gasteiger partial charge >= 0.3 is 0 Å². The van der Waals surface area contributed by atoms with Crippen LogP contribution < -0.4 is 10.6 Å². The van der Waals surface area contributed by atoms with Crippen molar-refractivity contribution in [1.29, 1.82) is 0 Å². The van der Waals surface area contributed by atoms with Gasteiger partial charge in [0, 0.05) is 38.1 Å². The number of carbonyl (C=O) groups is 2. The Labute approximate surface area is 136 Å². The molecule has 120 valence electrons. The normalized spacial score (nSPS) is 18.1. The molecule has 5 nitrogen and oxygen atoms in total. The SMILES string of the molecule is CC(=O)N1CCNCC1C(=O)NCCCc1ccccc1Cl. The highest BCUT2D eigenvalue weighted by Crippen LogP contribution is 2.16. The van der Waals surface area contributed by atoms with Crippen molar-refractivity contribution in [3.8, 4) is 0 Å². The van der Waals surface area contributed by atoms with E-state index < -0.39 is 6.04 Å². The van der Waals surface area contributed by atoms with Crippen LogP contribution in [-0.2, 0) is 16.0 Å². The highest BCUT2D eigenvalue weighted by atomic mass is 35.5. The lowest BCUT2D eigenvalue weighted by molar-refractivity contribution is -0.139. The third-order valence-corrected chi connectivity index (χ3v) is 4.20. The number of rotatable bonds is 5. The zero-order valence-electron chi connectivity index (χ0n) is 12.8. The number of hydrogen-bond donors (Lipinski definition) is 2. The molecule has 1 aromatic carbocycles. The maximum absolute atomic E-state index is 12.2. The van der Waals surface area contributed by atoms with Gasteiger partial charge in [0.05, 0.1) is 0 Å². The molecule has 1 unspecified atom stereocenters. The smallest absolute Gasteiger partial charge is 0.244 e. The largest absolute Gasteiger partial charge is 0.354 e. The van der Waals surface area contributed by atoms with E-state index in [1.807, 2.05) is 24.3 Å². The molecule has 1 heterocycles. The van der Waals surface area contributed by atoms with Crippen LogP contribution in [0.1, 0.15) is 18.9 Å². The second-order valence-corrected chi connectivity index (χ2v) is 5.83. The molecule has 2 amide bonds. The van der Waals surface area contributed by atoms with Gasteiger partial charge in [-0.25, -0.2) is 0 Å². The van der Waals surface area contributed by atoms with Gasteiger partial charge in [-0.05, 0) is 24.5 Å². The number of amides is 2. The van der Waals surface area contributed by atoms with E-state index in [9.17, 15) is 9.59 Å². The van der Waals surface area contributed by atoms with Crippen molar-refractivity contribution in [2.45, 2.75) is 25.8 Å². The molecule has 1 fully saturated rings. The van der Waals surface area contributed by atoms with Gasteiger partial charge in [0.1, 0.15) is 6.04 Å². The van der Waals surface area contributed by atoms with E-state index in [0.29, 0.717) is 19.6 Å². The molecule has 1 aromatic rings. The first-order valence-electron chi connectivity index (χ1n) is 7.58. The fraction of sp³-hybridized carbons (Fsp3) is 0.500. The summed E-state index contributed by atoms with van der Waals surface area (Å²) in [6.45, 7) is 3.90. The number of aryl methyl sites for hydroxylation is 1. The van der Waals surface area contributed by atoms with Gasteiger partial charge in [0.15, 0.2) is 0 Å². The van der Waals surface area contributed by atoms with Crippen LogP contribution in [0, 0.1) is 0 Å². The summed E-state index contributed by atoms with van der Waals surface area (Å²) < 4.78 is 0. The molecular formula is C16H22ClN3O2. The molecule has 0 saturated carbocycles. The van der Waals surface area contributed by atoms with Gasteiger partial charge in [0.25, 0.3) is 0 Å². The minimum absolute atomic E-state index is 0.0577. The third kappa shape index (κ3) is 4.45. The fourth-order valence-electron chi connectivity index (χ4n) is 2.62. The number of nitrogens with one attached hydrogen (secondary N) is 2. The summed E-state index contributed by atoms with van der Waals surface area (Å²) in [4.78, 5) is 25.4. The summed E-state index contributed by atoms with van der Waals surface area (Å²) in [6.07, 6.45) is 1.63. The molecule has 22 heavy (non-hydrogen) atoms. The van der Waals surface area contributed by atoms with Crippen molar-refractivity contribution in [3.05, 3.63) is 34.9 Å². The highest BCUT2D eigenvalue weighted by molar-refractivity contribution is 6.31. The number of benzene rings is 1. The Balaban J connectivity index is 1.77. The number of nitrogens with zero attached hydrogens (tertiary/aromatic N) is 1. The first-order chi connectivity index (χ1) is 10.6. The minimum Gasteiger partial charge on any atom is -0.354 e. The van der Waals surface area contributed by atoms with E-state index in [0.717, 1.165) is 30.0 Å². The standard InChI is InChI=1S/C16H22ClN3O2/c1-12(21)20-10-9-18-11-15(20)16(22)19-8-4-6-13-5-2-3-7-14(13)17/h2-3,5,7,15,18H,4,6,8-11H2,1H3,(H,19,22). The lowest BCUT2D eigenvalue weighted by atomic mass is 10.1. The van der Waals surface area contributed by atoms with Gasteiger partial charge in [-0.3, -0.25) is 9.59 Å². The van der Waals surface area contributed by atoms with Gasteiger partial charge in [-0.1, -0.05) is 29.8 Å². The Kier molecular flexibility index (Phi) is 6.21. The summed E-state index contributed by atoms with van der Waals surface area (Å²) >= 11 is 6.10. The Bertz CT molecular complexity index is 536. The highest BCUT2D eigenvalue weighted by Gasteiger charge is 2.29. The van der Waals surface area contributed by atoms with Crippen LogP contribution in [0.4, 0.5) is 0 Å². The van der Waals surface area contributed by atoms with Crippen LogP contribution in [0.2, 0.25) is 5.02 Å². The molecule has 0 radical (unpaired) electrons. The van der Waals surface area contributed by atoms with E-state index >= 15 is 0 Å². The molecule has 0 bridgehead atoms. The van der Waals surface area contributed by atoms with Crippen molar-refractivity contribution < 1.29 is 9.59 Å². The average molecular weight is 324 g/mol. The van der Waals surface area contributed by atoms with Crippen LogP contribution in [0.15, 0.2) is 24.3 Å².